The van der Waals surface area contributed by atoms with Crippen LogP contribution in [0.2, 0.25) is 0 Å². The molecule has 0 unspecified atom stereocenters. The number of ether oxygens (including phenoxy) is 2. The average Bonchev–Trinajstić information content (AvgIpc) is 3.15. The first kappa shape index (κ1) is 15.6. The number of nitrogens with zero attached hydrogens (tertiary/aromatic N) is 2. The molecule has 3 rings (SSSR count). The number of anilines is 1. The summed E-state index contributed by atoms with van der Waals surface area (Å²) in [4.78, 5) is 12.4. The van der Waals surface area contributed by atoms with Crippen LogP contribution in [0.5, 0.6) is 5.75 Å². The van der Waals surface area contributed by atoms with Crippen LogP contribution in [0.4, 0.5) is 5.82 Å². The molecule has 1 aromatic carbocycles. The summed E-state index contributed by atoms with van der Waals surface area (Å²) in [5.74, 6) is 1.16. The number of aromatic nitrogens is 2. The number of carbonyl (C=O) groups is 1. The SMILES string of the molecule is Cc1cc(NC(=O)c2cccc(OC[C@@H]3CCCO3)c2)n(C)n1. The van der Waals surface area contributed by atoms with Crippen molar-refractivity contribution in [1.29, 1.82) is 0 Å². The van der Waals surface area contributed by atoms with E-state index in [0.717, 1.165) is 25.1 Å². The van der Waals surface area contributed by atoms with E-state index in [9.17, 15) is 4.79 Å². The molecule has 1 aromatic heterocycles. The Bertz CT molecular complexity index is 690. The molecule has 6 nitrogen and oxygen atoms in total. The van der Waals surface area contributed by atoms with Gasteiger partial charge in [0.05, 0.1) is 11.8 Å². The zero-order chi connectivity index (χ0) is 16.2. The zero-order valence-electron chi connectivity index (χ0n) is 13.4. The standard InChI is InChI=1S/C17H21N3O3/c1-12-9-16(20(2)19-12)18-17(21)13-5-3-6-14(10-13)23-11-15-7-4-8-22-15/h3,5-6,9-10,15H,4,7-8,11H2,1-2H3,(H,18,21)/t15-/m0/s1. The smallest absolute Gasteiger partial charge is 0.256 e. The predicted molar refractivity (Wildman–Crippen MR) is 86.8 cm³/mol. The minimum Gasteiger partial charge on any atom is -0.491 e. The lowest BCUT2D eigenvalue weighted by atomic mass is 10.2. The van der Waals surface area contributed by atoms with E-state index in [1.54, 1.807) is 23.9 Å². The van der Waals surface area contributed by atoms with Crippen molar-refractivity contribution in [2.75, 3.05) is 18.5 Å². The number of carbonyl (C=O) groups excluding carboxylic acids is 1. The van der Waals surface area contributed by atoms with E-state index in [1.165, 1.54) is 0 Å². The van der Waals surface area contributed by atoms with Gasteiger partial charge >= 0.3 is 0 Å². The Labute approximate surface area is 135 Å². The van der Waals surface area contributed by atoms with Gasteiger partial charge in [0.2, 0.25) is 0 Å². The summed E-state index contributed by atoms with van der Waals surface area (Å²) in [6.45, 7) is 3.21. The predicted octanol–water partition coefficient (Wildman–Crippen LogP) is 2.54. The molecule has 122 valence electrons. The second-order valence-corrected chi connectivity index (χ2v) is 5.72. The number of rotatable bonds is 5. The van der Waals surface area contributed by atoms with E-state index >= 15 is 0 Å². The fraction of sp³-hybridized carbons (Fsp3) is 0.412. The summed E-state index contributed by atoms with van der Waals surface area (Å²) >= 11 is 0. The fourth-order valence-electron chi connectivity index (χ4n) is 2.61. The molecule has 1 saturated heterocycles. The molecule has 0 radical (unpaired) electrons. The van der Waals surface area contributed by atoms with Gasteiger partial charge in [-0.25, -0.2) is 0 Å². The molecular weight excluding hydrogens is 294 g/mol. The van der Waals surface area contributed by atoms with E-state index in [0.29, 0.717) is 23.7 Å². The van der Waals surface area contributed by atoms with Gasteiger partial charge in [0.15, 0.2) is 0 Å². The van der Waals surface area contributed by atoms with Crippen LogP contribution in [-0.2, 0) is 11.8 Å². The van der Waals surface area contributed by atoms with Gasteiger partial charge in [-0.1, -0.05) is 6.07 Å². The molecular formula is C17H21N3O3. The van der Waals surface area contributed by atoms with E-state index < -0.39 is 0 Å². The zero-order valence-corrected chi connectivity index (χ0v) is 13.4. The van der Waals surface area contributed by atoms with Crippen molar-refractivity contribution in [3.63, 3.8) is 0 Å². The first-order valence-corrected chi connectivity index (χ1v) is 7.78. The maximum atomic E-state index is 12.4. The van der Waals surface area contributed by atoms with Crippen LogP contribution in [0.15, 0.2) is 30.3 Å². The first-order valence-electron chi connectivity index (χ1n) is 7.78. The summed E-state index contributed by atoms with van der Waals surface area (Å²) < 4.78 is 12.9. The average molecular weight is 315 g/mol. The number of hydrogen-bond acceptors (Lipinski definition) is 4. The third kappa shape index (κ3) is 3.90. The maximum Gasteiger partial charge on any atom is 0.256 e. The van der Waals surface area contributed by atoms with E-state index in [4.69, 9.17) is 9.47 Å². The number of amides is 1. The van der Waals surface area contributed by atoms with E-state index in [-0.39, 0.29) is 12.0 Å². The van der Waals surface area contributed by atoms with Crippen LogP contribution in [0.1, 0.15) is 28.9 Å². The lowest BCUT2D eigenvalue weighted by Gasteiger charge is -2.12. The van der Waals surface area contributed by atoms with Crippen molar-refractivity contribution in [3.05, 3.63) is 41.6 Å². The molecule has 6 heteroatoms. The molecule has 2 heterocycles. The maximum absolute atomic E-state index is 12.4. The van der Waals surface area contributed by atoms with E-state index in [1.807, 2.05) is 25.1 Å². The van der Waals surface area contributed by atoms with Crippen LogP contribution in [0.3, 0.4) is 0 Å². The minimum absolute atomic E-state index is 0.157. The number of nitrogens with one attached hydrogen (secondary N) is 1. The summed E-state index contributed by atoms with van der Waals surface area (Å²) in [7, 11) is 1.80. The number of aryl methyl sites for hydroxylation is 2. The monoisotopic (exact) mass is 315 g/mol. The molecule has 1 amide bonds. The van der Waals surface area contributed by atoms with Crippen molar-refractivity contribution >= 4 is 11.7 Å². The number of hydrogen-bond donors (Lipinski definition) is 1. The Morgan fingerprint density at radius 1 is 1.48 bits per heavy atom. The van der Waals surface area contributed by atoms with Crippen molar-refractivity contribution < 1.29 is 14.3 Å². The van der Waals surface area contributed by atoms with Crippen molar-refractivity contribution in [1.82, 2.24) is 9.78 Å². The lowest BCUT2D eigenvalue weighted by molar-refractivity contribution is 0.0679. The highest BCUT2D eigenvalue weighted by molar-refractivity contribution is 6.04. The van der Waals surface area contributed by atoms with Gasteiger partial charge in [0.1, 0.15) is 18.2 Å². The van der Waals surface area contributed by atoms with Gasteiger partial charge in [-0.3, -0.25) is 9.48 Å². The summed E-state index contributed by atoms with van der Waals surface area (Å²) in [6.07, 6.45) is 2.27. The third-order valence-electron chi connectivity index (χ3n) is 3.80. The number of benzene rings is 1. The highest BCUT2D eigenvalue weighted by Gasteiger charge is 2.16. The third-order valence-corrected chi connectivity index (χ3v) is 3.80. The molecule has 2 aromatic rings. The molecule has 0 spiro atoms. The highest BCUT2D eigenvalue weighted by atomic mass is 16.5. The first-order chi connectivity index (χ1) is 11.1. The molecule has 1 N–H and O–H groups in total. The van der Waals surface area contributed by atoms with Crippen LogP contribution >= 0.6 is 0 Å². The highest BCUT2D eigenvalue weighted by Crippen LogP contribution is 2.18. The van der Waals surface area contributed by atoms with Gasteiger partial charge < -0.3 is 14.8 Å². The van der Waals surface area contributed by atoms with Crippen LogP contribution < -0.4 is 10.1 Å². The normalized spacial score (nSPS) is 17.2. The minimum atomic E-state index is -0.185. The molecule has 0 saturated carbocycles. The van der Waals surface area contributed by atoms with Crippen LogP contribution in [0.25, 0.3) is 0 Å². The fourth-order valence-corrected chi connectivity index (χ4v) is 2.61. The van der Waals surface area contributed by atoms with Gasteiger partial charge in [-0.05, 0) is 38.0 Å². The Hall–Kier alpha value is -2.34. The molecule has 1 atom stereocenters. The molecule has 0 bridgehead atoms. The Balaban J connectivity index is 1.63. The molecule has 1 fully saturated rings. The second-order valence-electron chi connectivity index (χ2n) is 5.72. The van der Waals surface area contributed by atoms with Crippen LogP contribution in [-0.4, -0.2) is 35.0 Å². The second kappa shape index (κ2) is 6.83. The van der Waals surface area contributed by atoms with Crippen molar-refractivity contribution in [2.45, 2.75) is 25.9 Å². The van der Waals surface area contributed by atoms with Crippen LogP contribution in [0, 0.1) is 6.92 Å². The molecule has 1 aliphatic heterocycles. The van der Waals surface area contributed by atoms with Gasteiger partial charge in [-0.15, -0.1) is 0 Å². The summed E-state index contributed by atoms with van der Waals surface area (Å²) in [5.41, 5.74) is 1.41. The lowest BCUT2D eigenvalue weighted by Crippen LogP contribution is -2.17. The molecule has 23 heavy (non-hydrogen) atoms. The Kier molecular flexibility index (Phi) is 4.62. The van der Waals surface area contributed by atoms with Gasteiger partial charge in [0, 0.05) is 25.3 Å². The molecule has 0 aliphatic carbocycles. The summed E-state index contributed by atoms with van der Waals surface area (Å²) in [6, 6.07) is 8.99. The largest absolute Gasteiger partial charge is 0.491 e. The van der Waals surface area contributed by atoms with E-state index in [2.05, 4.69) is 10.4 Å². The topological polar surface area (TPSA) is 65.4 Å². The van der Waals surface area contributed by atoms with Crippen molar-refractivity contribution in [2.24, 2.45) is 7.05 Å². The van der Waals surface area contributed by atoms with Gasteiger partial charge in [-0.2, -0.15) is 5.10 Å². The molecule has 1 aliphatic rings. The van der Waals surface area contributed by atoms with Gasteiger partial charge in [0.25, 0.3) is 5.91 Å². The summed E-state index contributed by atoms with van der Waals surface area (Å²) in [5, 5.41) is 7.07. The van der Waals surface area contributed by atoms with Crippen molar-refractivity contribution in [3.8, 4) is 5.75 Å². The Morgan fingerprint density at radius 2 is 2.35 bits per heavy atom. The quantitative estimate of drug-likeness (QED) is 0.921. The Morgan fingerprint density at radius 3 is 3.04 bits per heavy atom.